The first-order chi connectivity index (χ1) is 14.0. The van der Waals surface area contributed by atoms with E-state index in [1.165, 1.54) is 5.56 Å². The van der Waals surface area contributed by atoms with E-state index in [4.69, 9.17) is 17.0 Å². The molecule has 1 heterocycles. The van der Waals surface area contributed by atoms with Crippen molar-refractivity contribution >= 4 is 18.1 Å². The van der Waals surface area contributed by atoms with Gasteiger partial charge in [0.2, 0.25) is 5.91 Å². The summed E-state index contributed by atoms with van der Waals surface area (Å²) in [4.78, 5) is 12.2. The van der Waals surface area contributed by atoms with Crippen molar-refractivity contribution in [3.05, 3.63) is 64.4 Å². The number of ether oxygens (including phenoxy) is 1. The van der Waals surface area contributed by atoms with Crippen molar-refractivity contribution in [1.82, 2.24) is 20.1 Å². The molecule has 0 unspecified atom stereocenters. The summed E-state index contributed by atoms with van der Waals surface area (Å²) in [5, 5.41) is 10.1. The van der Waals surface area contributed by atoms with E-state index in [0.29, 0.717) is 30.9 Å². The summed E-state index contributed by atoms with van der Waals surface area (Å²) in [6, 6.07) is 16.0. The molecule has 0 saturated heterocycles. The maximum Gasteiger partial charge on any atom is 0.221 e. The van der Waals surface area contributed by atoms with Gasteiger partial charge in [-0.3, -0.25) is 14.5 Å². The number of hydrogen-bond acceptors (Lipinski definition) is 4. The molecular weight excluding hydrogens is 384 g/mol. The van der Waals surface area contributed by atoms with Crippen LogP contribution in [-0.4, -0.2) is 33.8 Å². The Morgan fingerprint density at radius 3 is 2.69 bits per heavy atom. The molecule has 0 bridgehead atoms. The predicted molar refractivity (Wildman–Crippen MR) is 117 cm³/mol. The lowest BCUT2D eigenvalue weighted by Gasteiger charge is -2.09. The Balaban J connectivity index is 1.44. The lowest BCUT2D eigenvalue weighted by molar-refractivity contribution is -0.121. The van der Waals surface area contributed by atoms with E-state index in [2.05, 4.69) is 21.6 Å². The number of benzene rings is 2. The maximum absolute atomic E-state index is 12.2. The highest BCUT2D eigenvalue weighted by atomic mass is 32.1. The van der Waals surface area contributed by atoms with Crippen molar-refractivity contribution in [2.45, 2.75) is 33.2 Å². The van der Waals surface area contributed by atoms with Gasteiger partial charge in [-0.25, -0.2) is 0 Å². The molecular formula is C22H26N4O2S. The second-order valence-corrected chi connectivity index (χ2v) is 7.38. The molecule has 0 saturated carbocycles. The molecule has 2 N–H and O–H groups in total. The van der Waals surface area contributed by atoms with E-state index in [-0.39, 0.29) is 5.91 Å². The van der Waals surface area contributed by atoms with E-state index < -0.39 is 0 Å². The van der Waals surface area contributed by atoms with Crippen LogP contribution in [0, 0.1) is 18.6 Å². The number of aryl methyl sites for hydroxylation is 2. The van der Waals surface area contributed by atoms with Crippen LogP contribution in [0.25, 0.3) is 11.4 Å². The van der Waals surface area contributed by atoms with Crippen molar-refractivity contribution in [2.24, 2.45) is 0 Å². The number of nitrogens with zero attached hydrogens (tertiary/aromatic N) is 2. The Hall–Kier alpha value is -2.93. The van der Waals surface area contributed by atoms with Gasteiger partial charge in [-0.15, -0.1) is 0 Å². The van der Waals surface area contributed by atoms with Gasteiger partial charge < -0.3 is 10.1 Å². The summed E-state index contributed by atoms with van der Waals surface area (Å²) < 4.78 is 8.08. The first-order valence-electron chi connectivity index (χ1n) is 9.71. The van der Waals surface area contributed by atoms with E-state index in [1.54, 1.807) is 0 Å². The largest absolute Gasteiger partial charge is 0.494 e. The number of aromatic amines is 1. The van der Waals surface area contributed by atoms with Gasteiger partial charge >= 0.3 is 0 Å². The molecule has 0 radical (unpaired) electrons. The van der Waals surface area contributed by atoms with Crippen LogP contribution in [0.2, 0.25) is 0 Å². The van der Waals surface area contributed by atoms with Crippen LogP contribution in [0.3, 0.4) is 0 Å². The predicted octanol–water partition coefficient (Wildman–Crippen LogP) is 4.20. The highest BCUT2D eigenvalue weighted by molar-refractivity contribution is 7.71. The Bertz CT molecular complexity index is 1030. The third kappa shape index (κ3) is 6.02. The molecule has 0 aliphatic heterocycles. The van der Waals surface area contributed by atoms with Gasteiger partial charge in [0, 0.05) is 25.1 Å². The molecule has 0 aliphatic rings. The maximum atomic E-state index is 12.2. The van der Waals surface area contributed by atoms with E-state index in [0.717, 1.165) is 29.1 Å². The Morgan fingerprint density at radius 1 is 1.17 bits per heavy atom. The zero-order valence-electron chi connectivity index (χ0n) is 16.8. The van der Waals surface area contributed by atoms with Crippen molar-refractivity contribution in [3.8, 4) is 17.1 Å². The highest BCUT2D eigenvalue weighted by Crippen LogP contribution is 2.18. The zero-order valence-corrected chi connectivity index (χ0v) is 17.6. The molecule has 6 nitrogen and oxygen atoms in total. The lowest BCUT2D eigenvalue weighted by Crippen LogP contribution is -2.26. The van der Waals surface area contributed by atoms with Gasteiger partial charge in [0.05, 0.1) is 6.61 Å². The minimum absolute atomic E-state index is 0.0150. The number of aromatic nitrogens is 3. The van der Waals surface area contributed by atoms with Crippen molar-refractivity contribution in [3.63, 3.8) is 0 Å². The minimum atomic E-state index is -0.0150. The average molecular weight is 411 g/mol. The number of nitrogens with one attached hydrogen (secondary N) is 2. The summed E-state index contributed by atoms with van der Waals surface area (Å²) in [5.41, 5.74) is 3.29. The van der Waals surface area contributed by atoms with Crippen LogP contribution in [0.1, 0.15) is 24.0 Å². The molecule has 0 atom stereocenters. The van der Waals surface area contributed by atoms with Crippen LogP contribution in [0.5, 0.6) is 5.75 Å². The highest BCUT2D eigenvalue weighted by Gasteiger charge is 2.10. The fraction of sp³-hybridized carbons (Fsp3) is 0.318. The van der Waals surface area contributed by atoms with Crippen molar-refractivity contribution in [1.29, 1.82) is 0 Å². The monoisotopic (exact) mass is 410 g/mol. The Labute approximate surface area is 175 Å². The summed E-state index contributed by atoms with van der Waals surface area (Å²) in [5.74, 6) is 1.59. The fourth-order valence-electron chi connectivity index (χ4n) is 3.03. The van der Waals surface area contributed by atoms with Gasteiger partial charge in [0.1, 0.15) is 5.75 Å². The number of carbonyl (C=O) groups is 1. The molecule has 152 valence electrons. The molecule has 7 heteroatoms. The second-order valence-electron chi connectivity index (χ2n) is 6.99. The van der Waals surface area contributed by atoms with Crippen LogP contribution < -0.4 is 10.1 Å². The van der Waals surface area contributed by atoms with Gasteiger partial charge in [0.25, 0.3) is 0 Å². The zero-order chi connectivity index (χ0) is 20.6. The van der Waals surface area contributed by atoms with Crippen molar-refractivity contribution < 1.29 is 9.53 Å². The van der Waals surface area contributed by atoms with Gasteiger partial charge in [-0.2, -0.15) is 5.10 Å². The topological polar surface area (TPSA) is 71.9 Å². The van der Waals surface area contributed by atoms with Crippen LogP contribution in [0.15, 0.2) is 48.5 Å². The summed E-state index contributed by atoms with van der Waals surface area (Å²) in [7, 11) is 0. The van der Waals surface area contributed by atoms with Crippen molar-refractivity contribution in [2.75, 3.05) is 13.2 Å². The second kappa shape index (κ2) is 10.0. The lowest BCUT2D eigenvalue weighted by atomic mass is 10.1. The normalized spacial score (nSPS) is 10.7. The number of rotatable bonds is 9. The van der Waals surface area contributed by atoms with Crippen LogP contribution in [0.4, 0.5) is 0 Å². The summed E-state index contributed by atoms with van der Waals surface area (Å²) >= 11 is 5.33. The number of carbonyl (C=O) groups excluding carboxylic acids is 1. The molecule has 0 fully saturated rings. The molecule has 29 heavy (non-hydrogen) atoms. The third-order valence-corrected chi connectivity index (χ3v) is 4.81. The summed E-state index contributed by atoms with van der Waals surface area (Å²) in [6.07, 6.45) is 1.09. The third-order valence-electron chi connectivity index (χ3n) is 4.50. The molecule has 3 aromatic rings. The Kier molecular flexibility index (Phi) is 7.19. The standard InChI is InChI=1S/C22H26N4O2S/c1-16-6-3-8-18(14-16)21-24-25-22(29)26(21)12-10-20(27)23-11-5-13-28-19-9-4-7-17(2)15-19/h3-4,6-9,14-15H,5,10-13H2,1-2H3,(H,23,27)(H,25,29). The quantitative estimate of drug-likeness (QED) is 0.410. The number of amides is 1. The molecule has 3 rings (SSSR count). The SMILES string of the molecule is Cc1cccc(OCCCNC(=O)CCn2c(-c3cccc(C)c3)n[nH]c2=S)c1. The molecule has 0 spiro atoms. The van der Waals surface area contributed by atoms with E-state index >= 15 is 0 Å². The Morgan fingerprint density at radius 2 is 1.93 bits per heavy atom. The first-order valence-corrected chi connectivity index (χ1v) is 10.1. The smallest absolute Gasteiger partial charge is 0.221 e. The van der Waals surface area contributed by atoms with E-state index in [9.17, 15) is 4.79 Å². The minimum Gasteiger partial charge on any atom is -0.494 e. The average Bonchev–Trinajstić information content (AvgIpc) is 3.06. The van der Waals surface area contributed by atoms with Crippen LogP contribution in [-0.2, 0) is 11.3 Å². The molecule has 1 aromatic heterocycles. The summed E-state index contributed by atoms with van der Waals surface area (Å²) in [6.45, 7) is 5.68. The van der Waals surface area contributed by atoms with Gasteiger partial charge in [-0.05, 0) is 56.2 Å². The first kappa shape index (κ1) is 20.8. The van der Waals surface area contributed by atoms with Gasteiger partial charge in [-0.1, -0.05) is 35.9 Å². The van der Waals surface area contributed by atoms with Gasteiger partial charge in [0.15, 0.2) is 10.6 Å². The van der Waals surface area contributed by atoms with E-state index in [1.807, 2.05) is 60.9 Å². The molecule has 2 aromatic carbocycles. The van der Waals surface area contributed by atoms with Crippen LogP contribution >= 0.6 is 12.2 Å². The molecule has 1 amide bonds. The number of H-pyrrole nitrogens is 1. The fourth-order valence-corrected chi connectivity index (χ4v) is 3.25. The molecule has 0 aliphatic carbocycles. The number of hydrogen-bond donors (Lipinski definition) is 2.